The Hall–Kier alpha value is -3.75. The second-order valence-electron chi connectivity index (χ2n) is 6.26. The fraction of sp³-hybridized carbons (Fsp3) is 0.150. The van der Waals surface area contributed by atoms with Crippen LogP contribution in [0, 0.1) is 6.92 Å². The molecule has 3 aromatic heterocycles. The predicted molar refractivity (Wildman–Crippen MR) is 100 cm³/mol. The molecule has 4 rings (SSSR count). The summed E-state index contributed by atoms with van der Waals surface area (Å²) in [6.07, 6.45) is 0.172. The van der Waals surface area contributed by atoms with Crippen LogP contribution in [0.1, 0.15) is 23.8 Å². The number of rotatable bonds is 5. The number of halogens is 2. The molecule has 7 nitrogen and oxygen atoms in total. The van der Waals surface area contributed by atoms with Gasteiger partial charge in [0.15, 0.2) is 0 Å². The van der Waals surface area contributed by atoms with E-state index in [9.17, 15) is 13.6 Å². The zero-order valence-corrected chi connectivity index (χ0v) is 15.3. The predicted octanol–water partition coefficient (Wildman–Crippen LogP) is 3.65. The minimum absolute atomic E-state index is 0.0413. The van der Waals surface area contributed by atoms with Crippen LogP contribution in [0.15, 0.2) is 64.1 Å². The molecule has 0 aliphatic heterocycles. The van der Waals surface area contributed by atoms with Crippen LogP contribution in [0.25, 0.3) is 22.6 Å². The molecule has 0 aliphatic carbocycles. The number of nitrogens with zero attached hydrogens (tertiary/aromatic N) is 5. The van der Waals surface area contributed by atoms with E-state index in [1.165, 1.54) is 10.8 Å². The summed E-state index contributed by atoms with van der Waals surface area (Å²) in [5.74, 6) is -0.227. The molecule has 0 amide bonds. The summed E-state index contributed by atoms with van der Waals surface area (Å²) in [6, 6.07) is 12.6. The molecular weight excluding hydrogens is 380 g/mol. The second kappa shape index (κ2) is 7.70. The van der Waals surface area contributed by atoms with Crippen LogP contribution in [-0.2, 0) is 6.54 Å². The molecule has 0 saturated carbocycles. The fourth-order valence-corrected chi connectivity index (χ4v) is 2.82. The van der Waals surface area contributed by atoms with Crippen LogP contribution in [0.5, 0.6) is 0 Å². The van der Waals surface area contributed by atoms with Gasteiger partial charge in [-0.2, -0.15) is 8.78 Å². The van der Waals surface area contributed by atoms with E-state index < -0.39 is 12.3 Å². The minimum atomic E-state index is -2.83. The summed E-state index contributed by atoms with van der Waals surface area (Å²) in [4.78, 5) is 21.6. The summed E-state index contributed by atoms with van der Waals surface area (Å²) >= 11 is 0. The minimum Gasteiger partial charge on any atom is -0.415 e. The van der Waals surface area contributed by atoms with Gasteiger partial charge in [0.1, 0.15) is 5.82 Å². The Labute approximate surface area is 163 Å². The number of aromatic nitrogens is 5. The van der Waals surface area contributed by atoms with Gasteiger partial charge in [0, 0.05) is 12.4 Å². The smallest absolute Gasteiger partial charge is 0.314 e. The molecule has 146 valence electrons. The highest BCUT2D eigenvalue weighted by Gasteiger charge is 2.17. The Balaban J connectivity index is 1.62. The van der Waals surface area contributed by atoms with Crippen molar-refractivity contribution >= 4 is 0 Å². The molecule has 0 atom stereocenters. The number of aryl methyl sites for hydroxylation is 1. The van der Waals surface area contributed by atoms with Gasteiger partial charge < -0.3 is 4.42 Å². The van der Waals surface area contributed by atoms with Crippen LogP contribution >= 0.6 is 0 Å². The van der Waals surface area contributed by atoms with Crippen molar-refractivity contribution in [2.24, 2.45) is 0 Å². The first-order chi connectivity index (χ1) is 14.0. The average molecular weight is 395 g/mol. The number of alkyl halides is 2. The van der Waals surface area contributed by atoms with E-state index in [1.807, 2.05) is 30.3 Å². The Morgan fingerprint density at radius 3 is 2.45 bits per heavy atom. The molecule has 1 aromatic carbocycles. The molecule has 0 fully saturated rings. The molecule has 0 N–H and O–H groups in total. The van der Waals surface area contributed by atoms with Crippen molar-refractivity contribution in [3.8, 4) is 22.6 Å². The van der Waals surface area contributed by atoms with Gasteiger partial charge >= 0.3 is 6.43 Å². The third-order valence-corrected chi connectivity index (χ3v) is 4.35. The maximum Gasteiger partial charge on any atom is 0.314 e. The van der Waals surface area contributed by atoms with E-state index >= 15 is 0 Å². The van der Waals surface area contributed by atoms with Crippen molar-refractivity contribution < 1.29 is 13.2 Å². The third kappa shape index (κ3) is 3.79. The van der Waals surface area contributed by atoms with Crippen molar-refractivity contribution in [1.82, 2.24) is 24.7 Å². The molecule has 0 unspecified atom stereocenters. The summed E-state index contributed by atoms with van der Waals surface area (Å²) < 4.78 is 31.6. The van der Waals surface area contributed by atoms with Crippen LogP contribution in [0.4, 0.5) is 8.78 Å². The average Bonchev–Trinajstić information content (AvgIpc) is 3.23. The highest BCUT2D eigenvalue weighted by molar-refractivity contribution is 5.61. The van der Waals surface area contributed by atoms with E-state index in [2.05, 4.69) is 20.2 Å². The molecule has 0 saturated heterocycles. The number of hydrogen-bond donors (Lipinski definition) is 0. The van der Waals surface area contributed by atoms with Crippen molar-refractivity contribution in [1.29, 1.82) is 0 Å². The van der Waals surface area contributed by atoms with Gasteiger partial charge in [-0.25, -0.2) is 4.98 Å². The lowest BCUT2D eigenvalue weighted by Gasteiger charge is -2.11. The normalized spacial score (nSPS) is 11.2. The Morgan fingerprint density at radius 1 is 1.00 bits per heavy atom. The molecule has 3 heterocycles. The molecule has 29 heavy (non-hydrogen) atoms. The largest absolute Gasteiger partial charge is 0.415 e. The van der Waals surface area contributed by atoms with Gasteiger partial charge in [-0.1, -0.05) is 30.3 Å². The van der Waals surface area contributed by atoms with E-state index in [-0.39, 0.29) is 18.0 Å². The zero-order chi connectivity index (χ0) is 20.4. The summed E-state index contributed by atoms with van der Waals surface area (Å²) in [6.45, 7) is 1.96. The monoisotopic (exact) mass is 395 g/mol. The van der Waals surface area contributed by atoms with Crippen molar-refractivity contribution in [3.05, 3.63) is 82.6 Å². The zero-order valence-electron chi connectivity index (χ0n) is 15.3. The lowest BCUT2D eigenvalue weighted by Crippen LogP contribution is -2.25. The van der Waals surface area contributed by atoms with Gasteiger partial charge in [-0.05, 0) is 24.6 Å². The molecule has 9 heteroatoms. The third-order valence-electron chi connectivity index (χ3n) is 4.35. The van der Waals surface area contributed by atoms with Crippen molar-refractivity contribution in [3.63, 3.8) is 0 Å². The standard InChI is InChI=1S/C20H15F2N5O2/c1-12-23-10-16(13-5-3-2-4-6-13)20(28)27(12)11-15-8-7-14(9-24-15)18-25-26-19(29-18)17(21)22/h2-10,17H,11H2,1H3. The van der Waals surface area contributed by atoms with Crippen LogP contribution < -0.4 is 5.56 Å². The Bertz CT molecular complexity index is 1190. The molecule has 0 aliphatic rings. The Kier molecular flexibility index (Phi) is 4.94. The van der Waals surface area contributed by atoms with Gasteiger partial charge in [0.25, 0.3) is 11.4 Å². The van der Waals surface area contributed by atoms with Gasteiger partial charge in [0.05, 0.1) is 23.4 Å². The first-order valence-corrected chi connectivity index (χ1v) is 8.71. The lowest BCUT2D eigenvalue weighted by molar-refractivity contribution is 0.116. The van der Waals surface area contributed by atoms with Gasteiger partial charge in [-0.15, -0.1) is 10.2 Å². The van der Waals surface area contributed by atoms with Gasteiger partial charge in [0.2, 0.25) is 5.89 Å². The molecule has 0 bridgehead atoms. The van der Waals surface area contributed by atoms with E-state index in [0.717, 1.165) is 5.56 Å². The molecule has 0 radical (unpaired) electrons. The fourth-order valence-electron chi connectivity index (χ4n) is 2.82. The highest BCUT2D eigenvalue weighted by Crippen LogP contribution is 2.23. The number of hydrogen-bond acceptors (Lipinski definition) is 6. The maximum absolute atomic E-state index is 12.9. The van der Waals surface area contributed by atoms with E-state index in [1.54, 1.807) is 25.3 Å². The number of benzene rings is 1. The van der Waals surface area contributed by atoms with Crippen LogP contribution in [-0.4, -0.2) is 24.7 Å². The first kappa shape index (κ1) is 18.6. The van der Waals surface area contributed by atoms with E-state index in [0.29, 0.717) is 22.6 Å². The maximum atomic E-state index is 12.9. The topological polar surface area (TPSA) is 86.7 Å². The summed E-state index contributed by atoms with van der Waals surface area (Å²) in [5.41, 5.74) is 2.12. The molecule has 0 spiro atoms. The highest BCUT2D eigenvalue weighted by atomic mass is 19.3. The quantitative estimate of drug-likeness (QED) is 0.513. The SMILES string of the molecule is Cc1ncc(-c2ccccc2)c(=O)n1Cc1ccc(-c2nnc(C(F)F)o2)cn1. The summed E-state index contributed by atoms with van der Waals surface area (Å²) in [7, 11) is 0. The van der Waals surface area contributed by atoms with Crippen molar-refractivity contribution in [2.75, 3.05) is 0 Å². The molecular formula is C20H15F2N5O2. The van der Waals surface area contributed by atoms with Crippen molar-refractivity contribution in [2.45, 2.75) is 19.9 Å². The van der Waals surface area contributed by atoms with Crippen LogP contribution in [0.2, 0.25) is 0 Å². The van der Waals surface area contributed by atoms with E-state index in [4.69, 9.17) is 4.42 Å². The van der Waals surface area contributed by atoms with Gasteiger partial charge in [-0.3, -0.25) is 14.3 Å². The molecule has 4 aromatic rings. The first-order valence-electron chi connectivity index (χ1n) is 8.71. The lowest BCUT2D eigenvalue weighted by atomic mass is 10.1. The summed E-state index contributed by atoms with van der Waals surface area (Å²) in [5, 5.41) is 6.89. The number of pyridine rings is 1. The second-order valence-corrected chi connectivity index (χ2v) is 6.26. The Morgan fingerprint density at radius 2 is 1.79 bits per heavy atom. The van der Waals surface area contributed by atoms with Crippen LogP contribution in [0.3, 0.4) is 0 Å².